The molecule has 2 unspecified atom stereocenters. The van der Waals surface area contributed by atoms with Crippen LogP contribution in [0.25, 0.3) is 0 Å². The monoisotopic (exact) mass is 243 g/mol. The zero-order valence-electron chi connectivity index (χ0n) is 8.71. The maximum absolute atomic E-state index is 11.7. The Bertz CT molecular complexity index is 341. The first kappa shape index (κ1) is 10.9. The average molecular weight is 243 g/mol. The second-order valence-corrected chi connectivity index (χ2v) is 5.49. The van der Waals surface area contributed by atoms with Crippen molar-refractivity contribution in [2.75, 3.05) is 10.7 Å². The summed E-state index contributed by atoms with van der Waals surface area (Å²) in [5.74, 6) is 1.21. The van der Waals surface area contributed by atoms with Crippen molar-refractivity contribution in [1.29, 1.82) is 0 Å². The number of carbonyl (C=O) groups excluding carboxylic acids is 1. The summed E-state index contributed by atoms with van der Waals surface area (Å²) in [6, 6.07) is 0. The molecule has 0 aliphatic carbocycles. The lowest BCUT2D eigenvalue weighted by Gasteiger charge is -2.25. The summed E-state index contributed by atoms with van der Waals surface area (Å²) >= 11 is 3.13. The van der Waals surface area contributed by atoms with Gasteiger partial charge in [0.1, 0.15) is 5.51 Å². The molecule has 1 fully saturated rings. The summed E-state index contributed by atoms with van der Waals surface area (Å²) in [5, 5.41) is 8.73. The smallest absolute Gasteiger partial charge is 0.239 e. The SMILES string of the molecule is CCC(C)C1SCC(=O)N1c1nncs1. The highest BCUT2D eigenvalue weighted by atomic mass is 32.2. The maximum atomic E-state index is 11.7. The van der Waals surface area contributed by atoms with E-state index in [1.54, 1.807) is 22.2 Å². The quantitative estimate of drug-likeness (QED) is 0.814. The Morgan fingerprint density at radius 1 is 1.73 bits per heavy atom. The first-order chi connectivity index (χ1) is 7.24. The van der Waals surface area contributed by atoms with Crippen molar-refractivity contribution in [3.63, 3.8) is 0 Å². The molecule has 0 radical (unpaired) electrons. The van der Waals surface area contributed by atoms with Gasteiger partial charge in [-0.3, -0.25) is 9.69 Å². The van der Waals surface area contributed by atoms with Crippen LogP contribution in [0.5, 0.6) is 0 Å². The molecule has 2 rings (SSSR count). The third-order valence-corrected chi connectivity index (χ3v) is 4.71. The van der Waals surface area contributed by atoms with E-state index in [-0.39, 0.29) is 11.3 Å². The molecule has 1 aliphatic rings. The molecular formula is C9H13N3OS2. The fourth-order valence-electron chi connectivity index (χ4n) is 1.55. The van der Waals surface area contributed by atoms with Crippen LogP contribution in [0.3, 0.4) is 0 Å². The van der Waals surface area contributed by atoms with Crippen molar-refractivity contribution in [1.82, 2.24) is 10.2 Å². The van der Waals surface area contributed by atoms with Crippen LogP contribution >= 0.6 is 23.1 Å². The highest BCUT2D eigenvalue weighted by Crippen LogP contribution is 2.36. The van der Waals surface area contributed by atoms with Gasteiger partial charge in [0.2, 0.25) is 11.0 Å². The van der Waals surface area contributed by atoms with Crippen molar-refractivity contribution in [2.24, 2.45) is 5.92 Å². The number of rotatable bonds is 3. The van der Waals surface area contributed by atoms with E-state index in [4.69, 9.17) is 0 Å². The van der Waals surface area contributed by atoms with Crippen LogP contribution in [0.4, 0.5) is 5.13 Å². The molecule has 0 aromatic carbocycles. The minimum atomic E-state index is 0.155. The highest BCUT2D eigenvalue weighted by Gasteiger charge is 2.37. The Labute approximate surface area is 97.1 Å². The lowest BCUT2D eigenvalue weighted by molar-refractivity contribution is -0.116. The number of hydrogen-bond donors (Lipinski definition) is 0. The third-order valence-electron chi connectivity index (χ3n) is 2.59. The summed E-state index contributed by atoms with van der Waals surface area (Å²) in [6.45, 7) is 4.32. The molecule has 82 valence electrons. The summed E-state index contributed by atoms with van der Waals surface area (Å²) in [6.07, 6.45) is 1.07. The lowest BCUT2D eigenvalue weighted by atomic mass is 10.1. The Balaban J connectivity index is 2.23. The predicted octanol–water partition coefficient (Wildman–Crippen LogP) is 1.99. The number of anilines is 1. The van der Waals surface area contributed by atoms with E-state index in [1.807, 2.05) is 0 Å². The van der Waals surface area contributed by atoms with E-state index >= 15 is 0 Å². The van der Waals surface area contributed by atoms with E-state index in [1.165, 1.54) is 11.3 Å². The van der Waals surface area contributed by atoms with Crippen LogP contribution in [-0.4, -0.2) is 27.2 Å². The van der Waals surface area contributed by atoms with E-state index in [9.17, 15) is 4.79 Å². The summed E-state index contributed by atoms with van der Waals surface area (Å²) in [5.41, 5.74) is 1.67. The number of nitrogens with zero attached hydrogens (tertiary/aromatic N) is 3. The first-order valence-corrected chi connectivity index (χ1v) is 6.86. The molecule has 1 saturated heterocycles. The molecule has 2 atom stereocenters. The molecule has 15 heavy (non-hydrogen) atoms. The van der Waals surface area contributed by atoms with Gasteiger partial charge >= 0.3 is 0 Å². The zero-order chi connectivity index (χ0) is 10.8. The number of aromatic nitrogens is 2. The number of carbonyl (C=O) groups is 1. The predicted molar refractivity (Wildman–Crippen MR) is 63.1 cm³/mol. The van der Waals surface area contributed by atoms with Crippen molar-refractivity contribution >= 4 is 34.1 Å². The van der Waals surface area contributed by atoms with E-state index < -0.39 is 0 Å². The van der Waals surface area contributed by atoms with Crippen LogP contribution in [0.1, 0.15) is 20.3 Å². The molecule has 6 heteroatoms. The van der Waals surface area contributed by atoms with Gasteiger partial charge in [0.15, 0.2) is 0 Å². The minimum Gasteiger partial charge on any atom is -0.273 e. The average Bonchev–Trinajstić information content (AvgIpc) is 2.85. The molecule has 0 saturated carbocycles. The Hall–Kier alpha value is -0.620. The fraction of sp³-hybridized carbons (Fsp3) is 0.667. The molecule has 1 aliphatic heterocycles. The normalized spacial score (nSPS) is 23.5. The second-order valence-electron chi connectivity index (χ2n) is 3.57. The second kappa shape index (κ2) is 4.49. The van der Waals surface area contributed by atoms with Crippen LogP contribution in [0.2, 0.25) is 0 Å². The van der Waals surface area contributed by atoms with Crippen LogP contribution in [0, 0.1) is 5.92 Å². The van der Waals surface area contributed by atoms with E-state index in [0.717, 1.165) is 11.6 Å². The van der Waals surface area contributed by atoms with Gasteiger partial charge < -0.3 is 0 Å². The Morgan fingerprint density at radius 2 is 2.53 bits per heavy atom. The van der Waals surface area contributed by atoms with Crippen LogP contribution in [-0.2, 0) is 4.79 Å². The van der Waals surface area contributed by atoms with Crippen LogP contribution < -0.4 is 4.90 Å². The maximum Gasteiger partial charge on any atom is 0.239 e. The van der Waals surface area contributed by atoms with Gasteiger partial charge in [0.05, 0.1) is 11.1 Å². The molecule has 4 nitrogen and oxygen atoms in total. The van der Waals surface area contributed by atoms with Crippen molar-refractivity contribution in [2.45, 2.75) is 25.6 Å². The zero-order valence-corrected chi connectivity index (χ0v) is 10.3. The van der Waals surface area contributed by atoms with Crippen molar-refractivity contribution in [3.8, 4) is 0 Å². The van der Waals surface area contributed by atoms with Gasteiger partial charge in [-0.25, -0.2) is 0 Å². The van der Waals surface area contributed by atoms with Gasteiger partial charge in [0.25, 0.3) is 0 Å². The fourth-order valence-corrected chi connectivity index (χ4v) is 3.57. The molecule has 0 spiro atoms. The number of hydrogen-bond acceptors (Lipinski definition) is 5. The van der Waals surface area contributed by atoms with Crippen LogP contribution in [0.15, 0.2) is 5.51 Å². The molecule has 2 heterocycles. The number of thioether (sulfide) groups is 1. The van der Waals surface area contributed by atoms with Gasteiger partial charge in [-0.15, -0.1) is 22.0 Å². The topological polar surface area (TPSA) is 46.1 Å². The standard InChI is InChI=1S/C9H13N3OS2/c1-3-6(2)8-12(7(13)4-14-8)9-11-10-5-15-9/h5-6,8H,3-4H2,1-2H3. The minimum absolute atomic E-state index is 0.155. The molecule has 1 amide bonds. The van der Waals surface area contributed by atoms with Gasteiger partial charge in [-0.2, -0.15) is 0 Å². The molecule has 1 aromatic heterocycles. The highest BCUT2D eigenvalue weighted by molar-refractivity contribution is 8.01. The van der Waals surface area contributed by atoms with Gasteiger partial charge in [0, 0.05) is 0 Å². The summed E-state index contributed by atoms with van der Waals surface area (Å²) in [7, 11) is 0. The third kappa shape index (κ3) is 2.01. The van der Waals surface area contributed by atoms with Crippen molar-refractivity contribution in [3.05, 3.63) is 5.51 Å². The van der Waals surface area contributed by atoms with E-state index in [2.05, 4.69) is 24.0 Å². The molecule has 0 bridgehead atoms. The molecule has 0 N–H and O–H groups in total. The van der Waals surface area contributed by atoms with E-state index in [0.29, 0.717) is 11.7 Å². The van der Waals surface area contributed by atoms with Gasteiger partial charge in [-0.1, -0.05) is 31.6 Å². The number of amides is 1. The molecular weight excluding hydrogens is 230 g/mol. The summed E-state index contributed by atoms with van der Waals surface area (Å²) < 4.78 is 0. The summed E-state index contributed by atoms with van der Waals surface area (Å²) in [4.78, 5) is 13.5. The van der Waals surface area contributed by atoms with Gasteiger partial charge in [-0.05, 0) is 5.92 Å². The first-order valence-electron chi connectivity index (χ1n) is 4.94. The Kier molecular flexibility index (Phi) is 3.25. The largest absolute Gasteiger partial charge is 0.273 e. The van der Waals surface area contributed by atoms with Crippen molar-refractivity contribution < 1.29 is 4.79 Å². The Morgan fingerprint density at radius 3 is 3.13 bits per heavy atom. The lowest BCUT2D eigenvalue weighted by Crippen LogP contribution is -2.36. The molecule has 1 aromatic rings.